The van der Waals surface area contributed by atoms with Crippen LogP contribution in [0.15, 0.2) is 57.8 Å². The van der Waals surface area contributed by atoms with Gasteiger partial charge in [-0.3, -0.25) is 19.2 Å². The van der Waals surface area contributed by atoms with Crippen LogP contribution in [0.25, 0.3) is 10.8 Å². The van der Waals surface area contributed by atoms with E-state index in [9.17, 15) is 32.4 Å². The molecule has 0 bridgehead atoms. The van der Waals surface area contributed by atoms with Gasteiger partial charge in [-0.15, -0.1) is 4.40 Å². The number of amidine groups is 1. The van der Waals surface area contributed by atoms with Gasteiger partial charge in [0.1, 0.15) is 29.3 Å². The number of nitrogens with zero attached hydrogens (tertiary/aromatic N) is 2. The maximum atomic E-state index is 14.4. The average Bonchev–Trinajstić information content (AvgIpc) is 3.68. The molecule has 15 nitrogen and oxygen atoms in total. The zero-order chi connectivity index (χ0) is 44.4. The molecular weight excluding hydrogens is 791 g/mol. The first kappa shape index (κ1) is 47.2. The lowest BCUT2D eigenvalue weighted by atomic mass is 9.97. The molecule has 60 heavy (non-hydrogen) atoms. The molecule has 4 N–H and O–H groups in total. The van der Waals surface area contributed by atoms with E-state index in [-0.39, 0.29) is 49.4 Å². The van der Waals surface area contributed by atoms with Crippen molar-refractivity contribution in [1.82, 2.24) is 15.5 Å². The first-order valence-corrected chi connectivity index (χ1v) is 21.6. The molecule has 1 heterocycles. The van der Waals surface area contributed by atoms with E-state index in [1.807, 2.05) is 42.5 Å². The molecule has 0 radical (unpaired) electrons. The van der Waals surface area contributed by atoms with E-state index in [0.717, 1.165) is 16.3 Å². The number of likely N-dealkylation sites (tertiary alicyclic amines) is 1. The second-order valence-corrected chi connectivity index (χ2v) is 17.7. The Hall–Kier alpha value is -5.51. The second kappa shape index (κ2) is 20.6. The van der Waals surface area contributed by atoms with Crippen LogP contribution in [-0.2, 0) is 45.1 Å². The second-order valence-electron chi connectivity index (χ2n) is 16.1. The fourth-order valence-electron chi connectivity index (χ4n) is 7.46. The van der Waals surface area contributed by atoms with Crippen molar-refractivity contribution >= 4 is 56.3 Å². The van der Waals surface area contributed by atoms with Crippen LogP contribution in [0, 0.1) is 20.8 Å². The highest BCUT2D eigenvalue weighted by Crippen LogP contribution is 2.32. The highest BCUT2D eigenvalue weighted by Gasteiger charge is 2.39. The Balaban J connectivity index is 1.50. The topological polar surface area (TPSA) is 213 Å². The number of ketones is 1. The molecule has 3 aromatic carbocycles. The van der Waals surface area contributed by atoms with Gasteiger partial charge in [0, 0.05) is 25.8 Å². The maximum absolute atomic E-state index is 14.4. The Morgan fingerprint density at radius 3 is 2.30 bits per heavy atom. The first-order chi connectivity index (χ1) is 28.3. The van der Waals surface area contributed by atoms with Gasteiger partial charge in [-0.2, -0.15) is 8.42 Å². The Morgan fingerprint density at radius 1 is 0.917 bits per heavy atom. The number of carbonyl (C=O) groups is 5. The molecule has 3 amide bonds. The number of carbonyl (C=O) groups excluding carboxylic acids is 5. The van der Waals surface area contributed by atoms with Gasteiger partial charge in [0.15, 0.2) is 5.78 Å². The molecule has 2 unspecified atom stereocenters. The normalized spacial score (nSPS) is 15.6. The molecule has 4 rings (SSSR count). The standard InChI is InChI=1S/C44H59N5O10S/c1-27-25-37(57-7)28(2)29(3)40(27)60(55,56)48-38(45)21-12-11-19-33(36(50)22-23-39(51)58-8)46-41(52)35-20-14-24-49(35)42(53)34(47-43(54)59-44(4,5)6)26-31-17-13-16-30-15-9-10-18-32(30)31/h9-10,13,15-18,25,33-35H,11-12,14,19-24,26H2,1-8H3,(H2,45,48)(H,46,52)(H,47,54)/t33?,34?,35-/m0/s1. The number of amides is 3. The predicted octanol–water partition coefficient (Wildman–Crippen LogP) is 5.51. The highest BCUT2D eigenvalue weighted by molar-refractivity contribution is 7.90. The van der Waals surface area contributed by atoms with Crippen molar-refractivity contribution in [2.45, 2.75) is 128 Å². The summed E-state index contributed by atoms with van der Waals surface area (Å²) in [6.45, 7) is 10.5. The molecule has 1 fully saturated rings. The lowest BCUT2D eigenvalue weighted by Gasteiger charge is -2.30. The van der Waals surface area contributed by atoms with Gasteiger partial charge >= 0.3 is 12.1 Å². The summed E-state index contributed by atoms with van der Waals surface area (Å²) in [7, 11) is -1.42. The number of rotatable bonds is 18. The number of esters is 1. The van der Waals surface area contributed by atoms with E-state index < -0.39 is 63.4 Å². The van der Waals surface area contributed by atoms with Crippen molar-refractivity contribution in [3.8, 4) is 5.75 Å². The summed E-state index contributed by atoms with van der Waals surface area (Å²) in [5.74, 6) is -1.56. The zero-order valence-corrected chi connectivity index (χ0v) is 36.7. The van der Waals surface area contributed by atoms with Crippen LogP contribution < -0.4 is 21.1 Å². The van der Waals surface area contributed by atoms with Crippen LogP contribution in [0.5, 0.6) is 5.75 Å². The summed E-state index contributed by atoms with van der Waals surface area (Å²) in [5, 5.41) is 7.46. The maximum Gasteiger partial charge on any atom is 0.408 e. The minimum atomic E-state index is -4.15. The van der Waals surface area contributed by atoms with E-state index in [1.54, 1.807) is 47.6 Å². The van der Waals surface area contributed by atoms with Crippen LogP contribution in [0.3, 0.4) is 0 Å². The molecule has 16 heteroatoms. The van der Waals surface area contributed by atoms with Crippen molar-refractivity contribution in [1.29, 1.82) is 0 Å². The molecule has 0 aromatic heterocycles. The van der Waals surface area contributed by atoms with Gasteiger partial charge in [0.25, 0.3) is 10.0 Å². The Kier molecular flexibility index (Phi) is 16.2. The molecule has 1 saturated heterocycles. The number of ether oxygens (including phenoxy) is 3. The third-order valence-corrected chi connectivity index (χ3v) is 12.1. The number of methoxy groups -OCH3 is 2. The summed E-state index contributed by atoms with van der Waals surface area (Å²) in [5.41, 5.74) is 7.76. The third kappa shape index (κ3) is 12.5. The average molecular weight is 850 g/mol. The summed E-state index contributed by atoms with van der Waals surface area (Å²) in [6, 6.07) is 12.0. The van der Waals surface area contributed by atoms with Crippen LogP contribution in [0.4, 0.5) is 4.79 Å². The van der Waals surface area contributed by atoms with Gasteiger partial charge in [-0.25, -0.2) is 4.79 Å². The fraction of sp³-hybridized carbons (Fsp3) is 0.500. The van der Waals surface area contributed by atoms with Crippen molar-refractivity contribution in [2.75, 3.05) is 20.8 Å². The summed E-state index contributed by atoms with van der Waals surface area (Å²) >= 11 is 0. The summed E-state index contributed by atoms with van der Waals surface area (Å²) in [4.78, 5) is 68.4. The lowest BCUT2D eigenvalue weighted by molar-refractivity contribution is -0.142. The number of benzene rings is 3. The quantitative estimate of drug-likeness (QED) is 0.0628. The smallest absolute Gasteiger partial charge is 0.408 e. The van der Waals surface area contributed by atoms with E-state index in [0.29, 0.717) is 48.1 Å². The number of alkyl carbamates (subject to hydrolysis) is 1. The summed E-state index contributed by atoms with van der Waals surface area (Å²) < 4.78 is 46.2. The van der Waals surface area contributed by atoms with Crippen molar-refractivity contribution < 1.29 is 46.6 Å². The number of nitrogens with one attached hydrogen (secondary N) is 2. The minimum absolute atomic E-state index is 0.0580. The number of fused-ring (bicyclic) bond motifs is 1. The van der Waals surface area contributed by atoms with Crippen LogP contribution in [0.1, 0.15) is 94.4 Å². The van der Waals surface area contributed by atoms with Gasteiger partial charge in [-0.1, -0.05) is 48.9 Å². The minimum Gasteiger partial charge on any atom is -0.496 e. The Morgan fingerprint density at radius 2 is 1.62 bits per heavy atom. The molecule has 3 aromatic rings. The fourth-order valence-corrected chi connectivity index (χ4v) is 8.95. The molecule has 1 aliphatic heterocycles. The molecule has 0 saturated carbocycles. The number of hydrogen-bond donors (Lipinski definition) is 3. The van der Waals surface area contributed by atoms with E-state index in [1.165, 1.54) is 19.1 Å². The number of Topliss-reactive ketones (excluding diaryl/α,β-unsaturated/α-hetero) is 1. The van der Waals surface area contributed by atoms with Gasteiger partial charge in [-0.05, 0) is 106 Å². The van der Waals surface area contributed by atoms with Crippen molar-refractivity contribution in [2.24, 2.45) is 10.1 Å². The number of aryl methyl sites for hydroxylation is 1. The number of hydrogen-bond acceptors (Lipinski definition) is 10. The van der Waals surface area contributed by atoms with Gasteiger partial charge < -0.3 is 35.5 Å². The molecule has 326 valence electrons. The van der Waals surface area contributed by atoms with Crippen molar-refractivity contribution in [3.63, 3.8) is 0 Å². The molecule has 0 spiro atoms. The monoisotopic (exact) mass is 849 g/mol. The molecule has 3 atom stereocenters. The van der Waals surface area contributed by atoms with E-state index >= 15 is 0 Å². The zero-order valence-electron chi connectivity index (χ0n) is 35.9. The Labute approximate surface area is 352 Å². The van der Waals surface area contributed by atoms with Crippen molar-refractivity contribution in [3.05, 3.63) is 70.8 Å². The lowest BCUT2D eigenvalue weighted by Crippen LogP contribution is -2.56. The highest BCUT2D eigenvalue weighted by atomic mass is 32.2. The van der Waals surface area contributed by atoms with E-state index in [4.69, 9.17) is 19.9 Å². The van der Waals surface area contributed by atoms with Crippen LogP contribution >= 0.6 is 0 Å². The Bertz CT molecular complexity index is 2210. The molecule has 1 aliphatic rings. The van der Waals surface area contributed by atoms with Crippen LogP contribution in [-0.4, -0.2) is 93.3 Å². The number of sulfonamides is 1. The third-order valence-electron chi connectivity index (χ3n) is 10.5. The largest absolute Gasteiger partial charge is 0.496 e. The predicted molar refractivity (Wildman–Crippen MR) is 228 cm³/mol. The van der Waals surface area contributed by atoms with Gasteiger partial charge in [0.05, 0.1) is 31.6 Å². The van der Waals surface area contributed by atoms with Gasteiger partial charge in [0.2, 0.25) is 11.8 Å². The van der Waals surface area contributed by atoms with E-state index in [2.05, 4.69) is 15.0 Å². The number of nitrogens with two attached hydrogens (primary N) is 1. The molecular formula is C44H59N5O10S. The SMILES string of the molecule is COC(=O)CCC(=O)C(CCCC/C(N)=N\S(=O)(=O)c1c(C)cc(OC)c(C)c1C)NC(=O)[C@@H]1CCCN1C(=O)C(Cc1cccc2ccccc12)NC(=O)OC(C)(C)C. The molecule has 0 aliphatic carbocycles. The van der Waals surface area contributed by atoms with Crippen LogP contribution in [0.2, 0.25) is 0 Å². The number of unbranched alkanes of at least 4 members (excludes halogenated alkanes) is 1. The first-order valence-electron chi connectivity index (χ1n) is 20.2. The summed E-state index contributed by atoms with van der Waals surface area (Å²) in [6.07, 6.45) is 0.711.